The van der Waals surface area contributed by atoms with E-state index in [4.69, 9.17) is 16.3 Å². The minimum atomic E-state index is -0.243. The van der Waals surface area contributed by atoms with Crippen LogP contribution in [0, 0.1) is 0 Å². The Hall–Kier alpha value is -3.57. The first kappa shape index (κ1) is 22.6. The molecule has 33 heavy (non-hydrogen) atoms. The highest BCUT2D eigenvalue weighted by Gasteiger charge is 2.28. The maximum Gasteiger partial charge on any atom is 0.255 e. The standard InChI is InChI=1S/C27H25ClN2O3/c1-27(2)16-19-8-13-22(33-3)14-23(19)24(30-27)15-25(31)17-6-11-21(12-7-17)29-26(32)18-4-9-20(28)10-5-18/h4-15,30H,16H2,1-3H3,(H,29,32). The van der Waals surface area contributed by atoms with Gasteiger partial charge in [0, 0.05) is 44.7 Å². The first-order valence-electron chi connectivity index (χ1n) is 10.6. The molecule has 3 aromatic rings. The van der Waals surface area contributed by atoms with Crippen LogP contribution in [0.2, 0.25) is 5.02 Å². The van der Waals surface area contributed by atoms with E-state index >= 15 is 0 Å². The summed E-state index contributed by atoms with van der Waals surface area (Å²) in [5, 5.41) is 6.88. The fourth-order valence-electron chi connectivity index (χ4n) is 3.89. The van der Waals surface area contributed by atoms with Gasteiger partial charge in [-0.05, 0) is 86.5 Å². The Morgan fingerprint density at radius 2 is 1.67 bits per heavy atom. The number of carbonyl (C=O) groups is 2. The van der Waals surface area contributed by atoms with Crippen LogP contribution in [0.15, 0.2) is 72.8 Å². The van der Waals surface area contributed by atoms with Gasteiger partial charge in [-0.25, -0.2) is 0 Å². The molecule has 0 aromatic heterocycles. The first-order valence-corrected chi connectivity index (χ1v) is 11.0. The van der Waals surface area contributed by atoms with Crippen LogP contribution in [0.5, 0.6) is 5.75 Å². The lowest BCUT2D eigenvalue weighted by Gasteiger charge is -2.35. The Bertz CT molecular complexity index is 1230. The zero-order chi connectivity index (χ0) is 23.6. The molecule has 0 atom stereocenters. The predicted octanol–water partition coefficient (Wildman–Crippen LogP) is 5.75. The van der Waals surface area contributed by atoms with Crippen LogP contribution in [-0.2, 0) is 6.42 Å². The second kappa shape index (κ2) is 9.12. The van der Waals surface area contributed by atoms with Gasteiger partial charge in [-0.15, -0.1) is 0 Å². The van der Waals surface area contributed by atoms with Gasteiger partial charge in [0.15, 0.2) is 5.78 Å². The van der Waals surface area contributed by atoms with E-state index < -0.39 is 0 Å². The van der Waals surface area contributed by atoms with E-state index in [1.165, 1.54) is 5.56 Å². The second-order valence-electron chi connectivity index (χ2n) is 8.67. The highest BCUT2D eigenvalue weighted by atomic mass is 35.5. The summed E-state index contributed by atoms with van der Waals surface area (Å²) >= 11 is 5.87. The lowest BCUT2D eigenvalue weighted by molar-refractivity contribution is 0.102. The molecule has 2 N–H and O–H groups in total. The Morgan fingerprint density at radius 1 is 1.00 bits per heavy atom. The number of hydrogen-bond donors (Lipinski definition) is 2. The highest BCUT2D eigenvalue weighted by molar-refractivity contribution is 6.30. The molecule has 168 valence electrons. The molecule has 6 heteroatoms. The fourth-order valence-corrected chi connectivity index (χ4v) is 4.02. The van der Waals surface area contributed by atoms with Crippen LogP contribution in [0.1, 0.15) is 45.7 Å². The predicted molar refractivity (Wildman–Crippen MR) is 132 cm³/mol. The van der Waals surface area contributed by atoms with Gasteiger partial charge in [0.2, 0.25) is 0 Å². The topological polar surface area (TPSA) is 67.4 Å². The summed E-state index contributed by atoms with van der Waals surface area (Å²) in [6.07, 6.45) is 2.47. The largest absolute Gasteiger partial charge is 0.497 e. The molecule has 0 saturated carbocycles. The maximum absolute atomic E-state index is 13.0. The van der Waals surface area contributed by atoms with Crippen molar-refractivity contribution in [3.05, 3.63) is 100 Å². The van der Waals surface area contributed by atoms with Crippen molar-refractivity contribution in [3.8, 4) is 5.75 Å². The first-order chi connectivity index (χ1) is 15.7. The third-order valence-electron chi connectivity index (χ3n) is 5.52. The molecule has 4 rings (SSSR count). The number of allylic oxidation sites excluding steroid dienone is 1. The van der Waals surface area contributed by atoms with Gasteiger partial charge in [0.05, 0.1) is 7.11 Å². The van der Waals surface area contributed by atoms with Gasteiger partial charge >= 0.3 is 0 Å². The fraction of sp³-hybridized carbons (Fsp3) is 0.185. The number of ether oxygens (including phenoxy) is 1. The minimum Gasteiger partial charge on any atom is -0.497 e. The van der Waals surface area contributed by atoms with E-state index in [-0.39, 0.29) is 17.2 Å². The normalized spacial score (nSPS) is 15.3. The zero-order valence-corrected chi connectivity index (χ0v) is 19.5. The smallest absolute Gasteiger partial charge is 0.255 e. The molecule has 1 heterocycles. The number of halogens is 1. The van der Waals surface area contributed by atoms with Crippen LogP contribution in [0.4, 0.5) is 5.69 Å². The average molecular weight is 461 g/mol. The third-order valence-corrected chi connectivity index (χ3v) is 5.77. The summed E-state index contributed by atoms with van der Waals surface area (Å²) in [5.74, 6) is 0.376. The number of ketones is 1. The van der Waals surface area contributed by atoms with E-state index in [0.717, 1.165) is 23.4 Å². The molecule has 1 amide bonds. The van der Waals surface area contributed by atoms with Crippen LogP contribution in [0.25, 0.3) is 5.70 Å². The third kappa shape index (κ3) is 5.26. The average Bonchev–Trinajstić information content (AvgIpc) is 2.79. The van der Waals surface area contributed by atoms with Crippen LogP contribution in [0.3, 0.4) is 0 Å². The van der Waals surface area contributed by atoms with Crippen molar-refractivity contribution in [3.63, 3.8) is 0 Å². The van der Waals surface area contributed by atoms with Crippen molar-refractivity contribution < 1.29 is 14.3 Å². The number of anilines is 1. The van der Waals surface area contributed by atoms with E-state index in [1.54, 1.807) is 61.7 Å². The Balaban J connectivity index is 1.54. The minimum absolute atomic E-state index is 0.125. The molecule has 0 aliphatic carbocycles. The lowest BCUT2D eigenvalue weighted by atomic mass is 9.85. The molecular formula is C27H25ClN2O3. The summed E-state index contributed by atoms with van der Waals surface area (Å²) in [6, 6.07) is 19.4. The van der Waals surface area contributed by atoms with Crippen LogP contribution >= 0.6 is 11.6 Å². The molecule has 0 unspecified atom stereocenters. The lowest BCUT2D eigenvalue weighted by Crippen LogP contribution is -2.43. The quantitative estimate of drug-likeness (QED) is 0.376. The van der Waals surface area contributed by atoms with Gasteiger partial charge in [-0.2, -0.15) is 0 Å². The monoisotopic (exact) mass is 460 g/mol. The number of fused-ring (bicyclic) bond motifs is 1. The van der Waals surface area contributed by atoms with Gasteiger partial charge in [-0.1, -0.05) is 17.7 Å². The zero-order valence-electron chi connectivity index (χ0n) is 18.7. The van der Waals surface area contributed by atoms with E-state index in [2.05, 4.69) is 24.5 Å². The Morgan fingerprint density at radius 3 is 2.33 bits per heavy atom. The molecule has 5 nitrogen and oxygen atoms in total. The van der Waals surface area contributed by atoms with Crippen molar-refractivity contribution in [1.29, 1.82) is 0 Å². The van der Waals surface area contributed by atoms with Gasteiger partial charge in [0.1, 0.15) is 5.75 Å². The number of methoxy groups -OCH3 is 1. The summed E-state index contributed by atoms with van der Waals surface area (Å²) < 4.78 is 5.37. The van der Waals surface area contributed by atoms with Crippen molar-refractivity contribution in [2.75, 3.05) is 12.4 Å². The number of nitrogens with one attached hydrogen (secondary N) is 2. The van der Waals surface area contributed by atoms with Crippen molar-refractivity contribution in [1.82, 2.24) is 5.32 Å². The molecular weight excluding hydrogens is 436 g/mol. The molecule has 0 spiro atoms. The highest BCUT2D eigenvalue weighted by Crippen LogP contribution is 2.32. The summed E-state index contributed by atoms with van der Waals surface area (Å²) in [5.41, 5.74) is 4.36. The van der Waals surface area contributed by atoms with Crippen molar-refractivity contribution >= 4 is 34.7 Å². The van der Waals surface area contributed by atoms with Crippen LogP contribution < -0.4 is 15.4 Å². The molecule has 1 aliphatic heterocycles. The Kier molecular flexibility index (Phi) is 6.25. The van der Waals surface area contributed by atoms with E-state index in [9.17, 15) is 9.59 Å². The van der Waals surface area contributed by atoms with Gasteiger partial charge in [-0.3, -0.25) is 9.59 Å². The molecule has 0 radical (unpaired) electrons. The van der Waals surface area contributed by atoms with Gasteiger partial charge < -0.3 is 15.4 Å². The van der Waals surface area contributed by atoms with E-state index in [1.807, 2.05) is 18.2 Å². The number of benzene rings is 3. The Labute approximate surface area is 198 Å². The molecule has 1 aliphatic rings. The summed E-state index contributed by atoms with van der Waals surface area (Å²) in [4.78, 5) is 25.4. The maximum atomic E-state index is 13.0. The molecule has 0 bridgehead atoms. The molecule has 0 fully saturated rings. The number of rotatable bonds is 5. The number of amides is 1. The van der Waals surface area contributed by atoms with E-state index in [0.29, 0.717) is 21.8 Å². The van der Waals surface area contributed by atoms with Crippen molar-refractivity contribution in [2.45, 2.75) is 25.8 Å². The van der Waals surface area contributed by atoms with Crippen LogP contribution in [-0.4, -0.2) is 24.3 Å². The van der Waals surface area contributed by atoms with Crippen molar-refractivity contribution in [2.24, 2.45) is 0 Å². The summed E-state index contributed by atoms with van der Waals surface area (Å²) in [6.45, 7) is 4.22. The number of hydrogen-bond acceptors (Lipinski definition) is 4. The summed E-state index contributed by atoms with van der Waals surface area (Å²) in [7, 11) is 1.63. The second-order valence-corrected chi connectivity index (χ2v) is 9.11. The SMILES string of the molecule is COc1ccc2c(c1)C(=CC(=O)c1ccc(NC(=O)c3ccc(Cl)cc3)cc1)NC(C)(C)C2. The molecule has 0 saturated heterocycles. The number of carbonyl (C=O) groups excluding carboxylic acids is 2. The van der Waals surface area contributed by atoms with Gasteiger partial charge in [0.25, 0.3) is 5.91 Å². The molecule has 3 aromatic carbocycles.